The van der Waals surface area contributed by atoms with Gasteiger partial charge in [-0.1, -0.05) is 32.9 Å². The number of nitrogens with one attached hydrogen (secondary N) is 1. The van der Waals surface area contributed by atoms with Crippen LogP contribution in [0.4, 0.5) is 0 Å². The first-order valence-corrected chi connectivity index (χ1v) is 8.74. The molecule has 1 N–H and O–H groups in total. The molecule has 4 nitrogen and oxygen atoms in total. The lowest BCUT2D eigenvalue weighted by atomic mass is 9.87. The third-order valence-corrected chi connectivity index (χ3v) is 5.04. The molecule has 22 heavy (non-hydrogen) atoms. The van der Waals surface area contributed by atoms with E-state index in [4.69, 9.17) is 4.42 Å². The van der Waals surface area contributed by atoms with Gasteiger partial charge in [0.05, 0.1) is 4.90 Å². The first-order valence-electron chi connectivity index (χ1n) is 7.26. The third-order valence-electron chi connectivity index (χ3n) is 3.63. The Bertz CT molecular complexity index is 750. The van der Waals surface area contributed by atoms with Crippen LogP contribution in [0.5, 0.6) is 0 Å². The van der Waals surface area contributed by atoms with Crippen molar-refractivity contribution in [2.45, 2.75) is 51.5 Å². The van der Waals surface area contributed by atoms with Crippen LogP contribution in [0.15, 0.2) is 39.6 Å². The summed E-state index contributed by atoms with van der Waals surface area (Å²) in [5.41, 5.74) is 1.96. The Hall–Kier alpha value is -1.59. The van der Waals surface area contributed by atoms with Crippen LogP contribution in [-0.4, -0.2) is 8.42 Å². The molecule has 0 aliphatic rings. The third kappa shape index (κ3) is 3.78. The Morgan fingerprint density at radius 3 is 2.14 bits per heavy atom. The summed E-state index contributed by atoms with van der Waals surface area (Å²) >= 11 is 0. The molecular weight excluding hydrogens is 298 g/mol. The molecule has 2 aromatic rings. The van der Waals surface area contributed by atoms with Gasteiger partial charge in [0.2, 0.25) is 10.0 Å². The summed E-state index contributed by atoms with van der Waals surface area (Å²) in [7, 11) is -3.52. The van der Waals surface area contributed by atoms with Crippen LogP contribution < -0.4 is 4.72 Å². The molecule has 0 saturated carbocycles. The molecular formula is C17H23NO3S. The maximum Gasteiger partial charge on any atom is 0.240 e. The Morgan fingerprint density at radius 1 is 1.09 bits per heavy atom. The maximum absolute atomic E-state index is 12.3. The van der Waals surface area contributed by atoms with Crippen molar-refractivity contribution in [3.63, 3.8) is 0 Å². The summed E-state index contributed by atoms with van der Waals surface area (Å²) in [4.78, 5) is 0.276. The fraction of sp³-hybridized carbons (Fsp3) is 0.412. The molecule has 1 aromatic carbocycles. The topological polar surface area (TPSA) is 59.3 Å². The molecule has 1 heterocycles. The zero-order valence-corrected chi connectivity index (χ0v) is 14.5. The average molecular weight is 321 g/mol. The van der Waals surface area contributed by atoms with E-state index in [2.05, 4.69) is 25.5 Å². The lowest BCUT2D eigenvalue weighted by Gasteiger charge is -2.19. The van der Waals surface area contributed by atoms with Gasteiger partial charge in [-0.15, -0.1) is 0 Å². The zero-order chi connectivity index (χ0) is 16.5. The smallest absolute Gasteiger partial charge is 0.240 e. The van der Waals surface area contributed by atoms with E-state index in [1.165, 1.54) is 0 Å². The van der Waals surface area contributed by atoms with Gasteiger partial charge < -0.3 is 4.42 Å². The Kier molecular flexibility index (Phi) is 4.49. The van der Waals surface area contributed by atoms with E-state index >= 15 is 0 Å². The minimum atomic E-state index is -3.52. The molecule has 1 aromatic heterocycles. The summed E-state index contributed by atoms with van der Waals surface area (Å²) in [6.45, 7) is 10.2. The van der Waals surface area contributed by atoms with Gasteiger partial charge in [0.25, 0.3) is 0 Å². The Labute approximate surface area is 132 Å². The monoisotopic (exact) mass is 321 g/mol. The van der Waals surface area contributed by atoms with Gasteiger partial charge in [-0.25, -0.2) is 13.1 Å². The highest BCUT2D eigenvalue weighted by Gasteiger charge is 2.18. The highest BCUT2D eigenvalue weighted by molar-refractivity contribution is 7.89. The van der Waals surface area contributed by atoms with Crippen molar-refractivity contribution < 1.29 is 12.8 Å². The largest absolute Gasteiger partial charge is 0.466 e. The molecule has 0 unspecified atom stereocenters. The van der Waals surface area contributed by atoms with Gasteiger partial charge in [-0.3, -0.25) is 0 Å². The minimum absolute atomic E-state index is 0.00114. The lowest BCUT2D eigenvalue weighted by molar-refractivity contribution is 0.500. The first kappa shape index (κ1) is 16.8. The van der Waals surface area contributed by atoms with E-state index in [1.807, 2.05) is 32.0 Å². The van der Waals surface area contributed by atoms with Gasteiger partial charge in [0.15, 0.2) is 0 Å². The van der Waals surface area contributed by atoms with Crippen molar-refractivity contribution in [2.24, 2.45) is 0 Å². The van der Waals surface area contributed by atoms with Crippen molar-refractivity contribution in [3.8, 4) is 0 Å². The summed E-state index contributed by atoms with van der Waals surface area (Å²) in [5, 5.41) is 0. The maximum atomic E-state index is 12.3. The summed E-state index contributed by atoms with van der Waals surface area (Å²) in [6, 6.07) is 8.87. The summed E-state index contributed by atoms with van der Waals surface area (Å²) in [5.74, 6) is 1.52. The van der Waals surface area contributed by atoms with E-state index in [9.17, 15) is 8.42 Å². The van der Waals surface area contributed by atoms with Crippen LogP contribution in [0, 0.1) is 13.8 Å². The first-order chi connectivity index (χ1) is 10.1. The van der Waals surface area contributed by atoms with E-state index in [0.717, 1.165) is 22.6 Å². The number of hydrogen-bond acceptors (Lipinski definition) is 3. The zero-order valence-electron chi connectivity index (χ0n) is 13.7. The number of benzene rings is 1. The fourth-order valence-electron chi connectivity index (χ4n) is 2.25. The predicted molar refractivity (Wildman–Crippen MR) is 87.3 cm³/mol. The van der Waals surface area contributed by atoms with Gasteiger partial charge in [0, 0.05) is 12.1 Å². The number of hydrogen-bond donors (Lipinski definition) is 1. The number of furan rings is 1. The normalized spacial score (nSPS) is 12.6. The van der Waals surface area contributed by atoms with Crippen molar-refractivity contribution in [1.82, 2.24) is 4.72 Å². The molecule has 0 fully saturated rings. The summed E-state index contributed by atoms with van der Waals surface area (Å²) < 4.78 is 32.7. The molecule has 0 aliphatic carbocycles. The molecule has 0 spiro atoms. The SMILES string of the molecule is Cc1cc(CNS(=O)(=O)c2ccc(C(C)(C)C)cc2)c(C)o1. The minimum Gasteiger partial charge on any atom is -0.466 e. The van der Waals surface area contributed by atoms with Crippen molar-refractivity contribution in [3.05, 3.63) is 53.0 Å². The van der Waals surface area contributed by atoms with Crippen LogP contribution in [0.1, 0.15) is 43.4 Å². The molecule has 0 radical (unpaired) electrons. The van der Waals surface area contributed by atoms with E-state index in [-0.39, 0.29) is 16.9 Å². The predicted octanol–water partition coefficient (Wildman–Crippen LogP) is 3.67. The van der Waals surface area contributed by atoms with Crippen LogP contribution >= 0.6 is 0 Å². The van der Waals surface area contributed by atoms with E-state index in [1.54, 1.807) is 12.1 Å². The van der Waals surface area contributed by atoms with Crippen LogP contribution in [-0.2, 0) is 22.0 Å². The number of aryl methyl sites for hydroxylation is 2. The number of rotatable bonds is 4. The van der Waals surface area contributed by atoms with Crippen LogP contribution in [0.25, 0.3) is 0 Å². The second-order valence-electron chi connectivity index (χ2n) is 6.54. The van der Waals surface area contributed by atoms with Gasteiger partial charge >= 0.3 is 0 Å². The second-order valence-corrected chi connectivity index (χ2v) is 8.30. The quantitative estimate of drug-likeness (QED) is 0.934. The Balaban J connectivity index is 2.15. The van der Waals surface area contributed by atoms with Gasteiger partial charge in [-0.2, -0.15) is 0 Å². The molecule has 5 heteroatoms. The molecule has 120 valence electrons. The molecule has 0 amide bonds. The van der Waals surface area contributed by atoms with Crippen molar-refractivity contribution in [2.75, 3.05) is 0 Å². The van der Waals surface area contributed by atoms with E-state index in [0.29, 0.717) is 0 Å². The molecule has 0 atom stereocenters. The Morgan fingerprint density at radius 2 is 1.68 bits per heavy atom. The molecule has 0 bridgehead atoms. The van der Waals surface area contributed by atoms with Gasteiger partial charge in [0.1, 0.15) is 11.5 Å². The molecule has 0 aliphatic heterocycles. The fourth-order valence-corrected chi connectivity index (χ4v) is 3.26. The number of sulfonamides is 1. The van der Waals surface area contributed by atoms with Crippen LogP contribution in [0.3, 0.4) is 0 Å². The van der Waals surface area contributed by atoms with Gasteiger partial charge in [-0.05, 0) is 43.0 Å². The van der Waals surface area contributed by atoms with Crippen molar-refractivity contribution >= 4 is 10.0 Å². The average Bonchev–Trinajstić information content (AvgIpc) is 2.74. The lowest BCUT2D eigenvalue weighted by Crippen LogP contribution is -2.23. The molecule has 0 saturated heterocycles. The second kappa shape index (κ2) is 5.89. The summed E-state index contributed by atoms with van der Waals surface area (Å²) in [6.07, 6.45) is 0. The van der Waals surface area contributed by atoms with Crippen LogP contribution in [0.2, 0.25) is 0 Å². The highest BCUT2D eigenvalue weighted by Crippen LogP contribution is 2.23. The molecule has 2 rings (SSSR count). The standard InChI is InChI=1S/C17H23NO3S/c1-12-10-14(13(2)21-12)11-18-22(19,20)16-8-6-15(7-9-16)17(3,4)5/h6-10,18H,11H2,1-5H3. The van der Waals surface area contributed by atoms with E-state index < -0.39 is 10.0 Å². The van der Waals surface area contributed by atoms with Crippen molar-refractivity contribution in [1.29, 1.82) is 0 Å². The highest BCUT2D eigenvalue weighted by atomic mass is 32.2.